The number of carbonyl (C=O) groups excluding carboxylic acids is 1. The maximum Gasteiger partial charge on any atom is 0.291 e. The van der Waals surface area contributed by atoms with Crippen LogP contribution in [0, 0.1) is 6.92 Å². The van der Waals surface area contributed by atoms with Crippen molar-refractivity contribution >= 4 is 12.1 Å². The van der Waals surface area contributed by atoms with Gasteiger partial charge in [-0.2, -0.15) is 10.2 Å². The molecule has 0 aliphatic heterocycles. The van der Waals surface area contributed by atoms with Gasteiger partial charge in [-0.15, -0.1) is 0 Å². The van der Waals surface area contributed by atoms with E-state index >= 15 is 0 Å². The van der Waals surface area contributed by atoms with Crippen LogP contribution in [-0.2, 0) is 7.05 Å². The third-order valence-electron chi connectivity index (χ3n) is 2.50. The van der Waals surface area contributed by atoms with Crippen LogP contribution in [0.4, 0.5) is 0 Å². The van der Waals surface area contributed by atoms with Crippen LogP contribution in [0.15, 0.2) is 41.6 Å². The zero-order valence-electron chi connectivity index (χ0n) is 10.3. The van der Waals surface area contributed by atoms with Gasteiger partial charge in [-0.05, 0) is 24.1 Å². The van der Waals surface area contributed by atoms with Gasteiger partial charge in [0.1, 0.15) is 0 Å². The van der Waals surface area contributed by atoms with Crippen LogP contribution in [0.25, 0.3) is 0 Å². The molecule has 0 spiro atoms. The Hall–Kier alpha value is -2.43. The van der Waals surface area contributed by atoms with Crippen LogP contribution in [0.3, 0.4) is 0 Å². The number of hydrogen-bond acceptors (Lipinski definition) is 3. The minimum absolute atomic E-state index is 0.319. The average molecular weight is 242 g/mol. The third-order valence-corrected chi connectivity index (χ3v) is 2.50. The van der Waals surface area contributed by atoms with E-state index in [-0.39, 0.29) is 5.91 Å². The summed E-state index contributed by atoms with van der Waals surface area (Å²) in [6, 6.07) is 9.44. The van der Waals surface area contributed by atoms with E-state index in [0.717, 1.165) is 11.1 Å². The zero-order chi connectivity index (χ0) is 13.0. The maximum atomic E-state index is 11.6. The Balaban J connectivity index is 2.00. The number of nitrogens with zero attached hydrogens (tertiary/aromatic N) is 3. The molecular weight excluding hydrogens is 228 g/mol. The summed E-state index contributed by atoms with van der Waals surface area (Å²) in [4.78, 5) is 11.6. The van der Waals surface area contributed by atoms with E-state index in [0.29, 0.717) is 5.69 Å². The molecule has 1 aromatic heterocycles. The fourth-order valence-electron chi connectivity index (χ4n) is 1.49. The van der Waals surface area contributed by atoms with E-state index in [1.807, 2.05) is 31.2 Å². The third kappa shape index (κ3) is 2.82. The number of aromatic nitrogens is 2. The van der Waals surface area contributed by atoms with Crippen molar-refractivity contribution < 1.29 is 4.79 Å². The normalized spacial score (nSPS) is 10.8. The van der Waals surface area contributed by atoms with Gasteiger partial charge in [-0.1, -0.05) is 24.3 Å². The molecule has 1 N–H and O–H groups in total. The highest BCUT2D eigenvalue weighted by Gasteiger charge is 2.06. The molecule has 1 heterocycles. The zero-order valence-corrected chi connectivity index (χ0v) is 10.3. The summed E-state index contributed by atoms with van der Waals surface area (Å²) in [6.07, 6.45) is 3.33. The summed E-state index contributed by atoms with van der Waals surface area (Å²) in [5.41, 5.74) is 4.87. The molecule has 0 bridgehead atoms. The van der Waals surface area contributed by atoms with E-state index in [9.17, 15) is 4.79 Å². The Bertz CT molecular complexity index is 586. The Morgan fingerprint density at radius 1 is 1.39 bits per heavy atom. The molecule has 18 heavy (non-hydrogen) atoms. The van der Waals surface area contributed by atoms with E-state index in [4.69, 9.17) is 0 Å². The van der Waals surface area contributed by atoms with Crippen molar-refractivity contribution in [3.63, 3.8) is 0 Å². The van der Waals surface area contributed by atoms with Crippen LogP contribution in [0.5, 0.6) is 0 Å². The van der Waals surface area contributed by atoms with Gasteiger partial charge in [0.25, 0.3) is 5.91 Å². The molecule has 0 fully saturated rings. The molecule has 2 aromatic rings. The summed E-state index contributed by atoms with van der Waals surface area (Å²) in [6.45, 7) is 1.99. The van der Waals surface area contributed by atoms with Gasteiger partial charge in [-0.3, -0.25) is 9.48 Å². The predicted molar refractivity (Wildman–Crippen MR) is 69.4 cm³/mol. The number of rotatable bonds is 3. The average Bonchev–Trinajstić information content (AvgIpc) is 2.78. The lowest BCUT2D eigenvalue weighted by molar-refractivity contribution is 0.0949. The fourth-order valence-corrected chi connectivity index (χ4v) is 1.49. The molecule has 0 unspecified atom stereocenters. The highest BCUT2D eigenvalue weighted by molar-refractivity contribution is 5.93. The Kier molecular flexibility index (Phi) is 3.52. The highest BCUT2D eigenvalue weighted by Crippen LogP contribution is 2.03. The van der Waals surface area contributed by atoms with E-state index in [1.165, 1.54) is 0 Å². The topological polar surface area (TPSA) is 59.3 Å². The van der Waals surface area contributed by atoms with Gasteiger partial charge in [0.05, 0.1) is 6.21 Å². The van der Waals surface area contributed by atoms with Crippen LogP contribution in [0.2, 0.25) is 0 Å². The molecular formula is C13H14N4O. The number of amides is 1. The summed E-state index contributed by atoms with van der Waals surface area (Å²) in [7, 11) is 1.76. The van der Waals surface area contributed by atoms with Crippen molar-refractivity contribution in [1.29, 1.82) is 0 Å². The van der Waals surface area contributed by atoms with E-state index in [2.05, 4.69) is 15.6 Å². The molecule has 0 radical (unpaired) electrons. The molecule has 92 valence electrons. The quantitative estimate of drug-likeness (QED) is 0.655. The second-order valence-electron chi connectivity index (χ2n) is 3.93. The molecule has 1 amide bonds. The Morgan fingerprint density at radius 2 is 2.17 bits per heavy atom. The highest BCUT2D eigenvalue weighted by atomic mass is 16.2. The van der Waals surface area contributed by atoms with Gasteiger partial charge < -0.3 is 0 Å². The number of benzene rings is 1. The number of hydrazone groups is 1. The Labute approximate surface area is 105 Å². The van der Waals surface area contributed by atoms with Crippen molar-refractivity contribution in [2.75, 3.05) is 0 Å². The Morgan fingerprint density at radius 3 is 2.83 bits per heavy atom. The molecule has 0 aliphatic rings. The van der Waals surface area contributed by atoms with Crippen molar-refractivity contribution in [2.24, 2.45) is 12.1 Å². The van der Waals surface area contributed by atoms with Gasteiger partial charge in [0.15, 0.2) is 5.69 Å². The first kappa shape index (κ1) is 12.0. The second-order valence-corrected chi connectivity index (χ2v) is 3.93. The molecule has 0 atom stereocenters. The lowest BCUT2D eigenvalue weighted by Gasteiger charge is -1.98. The van der Waals surface area contributed by atoms with Crippen molar-refractivity contribution in [3.8, 4) is 0 Å². The van der Waals surface area contributed by atoms with Crippen molar-refractivity contribution in [1.82, 2.24) is 15.2 Å². The van der Waals surface area contributed by atoms with Gasteiger partial charge in [0.2, 0.25) is 0 Å². The number of nitrogens with one attached hydrogen (secondary N) is 1. The fraction of sp³-hybridized carbons (Fsp3) is 0.154. The first-order valence-electron chi connectivity index (χ1n) is 5.55. The SMILES string of the molecule is Cc1ccccc1C=NNC(=O)c1ccn(C)n1. The smallest absolute Gasteiger partial charge is 0.275 e. The molecule has 0 saturated heterocycles. The van der Waals surface area contributed by atoms with Crippen LogP contribution in [-0.4, -0.2) is 21.9 Å². The summed E-state index contributed by atoms with van der Waals surface area (Å²) in [5.74, 6) is -0.319. The summed E-state index contributed by atoms with van der Waals surface area (Å²) >= 11 is 0. The first-order valence-corrected chi connectivity index (χ1v) is 5.55. The van der Waals surface area contributed by atoms with Gasteiger partial charge in [-0.25, -0.2) is 5.43 Å². The predicted octanol–water partition coefficient (Wildman–Crippen LogP) is 1.49. The van der Waals surface area contributed by atoms with Crippen molar-refractivity contribution in [3.05, 3.63) is 53.3 Å². The molecule has 5 heteroatoms. The van der Waals surface area contributed by atoms with Crippen LogP contribution in [0.1, 0.15) is 21.6 Å². The number of hydrogen-bond donors (Lipinski definition) is 1. The number of carbonyl (C=O) groups is 1. The monoisotopic (exact) mass is 242 g/mol. The molecule has 5 nitrogen and oxygen atoms in total. The minimum atomic E-state index is -0.319. The van der Waals surface area contributed by atoms with Gasteiger partial charge >= 0.3 is 0 Å². The minimum Gasteiger partial charge on any atom is -0.275 e. The lowest BCUT2D eigenvalue weighted by atomic mass is 10.1. The van der Waals surface area contributed by atoms with Crippen molar-refractivity contribution in [2.45, 2.75) is 6.92 Å². The maximum absolute atomic E-state index is 11.6. The molecule has 1 aromatic carbocycles. The molecule has 0 saturated carbocycles. The summed E-state index contributed by atoms with van der Waals surface area (Å²) < 4.78 is 1.57. The number of aryl methyl sites for hydroxylation is 2. The van der Waals surface area contributed by atoms with Crippen LogP contribution >= 0.6 is 0 Å². The molecule has 0 aliphatic carbocycles. The largest absolute Gasteiger partial charge is 0.291 e. The first-order chi connectivity index (χ1) is 8.66. The second kappa shape index (κ2) is 5.27. The van der Waals surface area contributed by atoms with E-state index < -0.39 is 0 Å². The van der Waals surface area contributed by atoms with Crippen LogP contribution < -0.4 is 5.43 Å². The lowest BCUT2D eigenvalue weighted by Crippen LogP contribution is -2.18. The summed E-state index contributed by atoms with van der Waals surface area (Å²) in [5, 5.41) is 7.90. The standard InChI is InChI=1S/C13H14N4O/c1-10-5-3-4-6-11(10)9-14-15-13(18)12-7-8-17(2)16-12/h3-9H,1-2H3,(H,15,18). The van der Waals surface area contributed by atoms with Gasteiger partial charge in [0, 0.05) is 13.2 Å². The van der Waals surface area contributed by atoms with E-state index in [1.54, 1.807) is 30.2 Å². The molecule has 2 rings (SSSR count).